The van der Waals surface area contributed by atoms with Gasteiger partial charge in [-0.2, -0.15) is 0 Å². The summed E-state index contributed by atoms with van der Waals surface area (Å²) in [6, 6.07) is 10.3. The lowest BCUT2D eigenvalue weighted by molar-refractivity contribution is -0.116. The molecule has 3 rings (SSSR count). The molecule has 1 aliphatic heterocycles. The van der Waals surface area contributed by atoms with Gasteiger partial charge in [-0.05, 0) is 31.2 Å². The van der Waals surface area contributed by atoms with Crippen LogP contribution in [0.4, 0.5) is 11.4 Å². The van der Waals surface area contributed by atoms with Gasteiger partial charge in [0.25, 0.3) is 5.91 Å². The molecule has 2 aromatic rings. The number of benzene rings is 1. The third-order valence-corrected chi connectivity index (χ3v) is 5.26. The molecular weight excluding hydrogens is 395 g/mol. The largest absolute Gasteiger partial charge is 0.322 e. The Balaban J connectivity index is 1.73. The second-order valence-electron chi connectivity index (χ2n) is 5.37. The number of hydrogen-bond donors (Lipinski definition) is 1. The molecule has 1 N–H and O–H groups in total. The number of carbonyl (C=O) groups excluding carboxylic acids is 2. The number of carbonyl (C=O) groups is 2. The van der Waals surface area contributed by atoms with Crippen LogP contribution in [0.1, 0.15) is 6.92 Å². The zero-order valence-corrected chi connectivity index (χ0v) is 16.0. The Morgan fingerprint density at radius 1 is 1.27 bits per heavy atom. The normalized spacial score (nSPS) is 15.0. The minimum Gasteiger partial charge on any atom is -0.322 e. The zero-order valence-electron chi connectivity index (χ0n) is 13.6. The number of nitrogens with zero attached hydrogens (tertiary/aromatic N) is 3. The summed E-state index contributed by atoms with van der Waals surface area (Å²) < 4.78 is 0. The summed E-state index contributed by atoms with van der Waals surface area (Å²) in [5.74, 6) is -0.463. The standard InChI is InChI=1S/C17H14Cl2N4O2S/c1-10(16(25)22-12-6-4-8-20-15(12)19)26-17-21-9-14(24)23(17)13-7-3-2-5-11(13)18/h2-8,10H,9H2,1H3,(H,22,25)/t10-/m1/s1. The number of rotatable bonds is 4. The maximum atomic E-state index is 12.4. The quantitative estimate of drug-likeness (QED) is 0.779. The van der Waals surface area contributed by atoms with Gasteiger partial charge < -0.3 is 5.32 Å². The first-order chi connectivity index (χ1) is 12.5. The van der Waals surface area contributed by atoms with Crippen molar-refractivity contribution in [3.8, 4) is 0 Å². The fourth-order valence-corrected chi connectivity index (χ4v) is 3.58. The Morgan fingerprint density at radius 3 is 2.77 bits per heavy atom. The smallest absolute Gasteiger partial charge is 0.254 e. The van der Waals surface area contributed by atoms with Crippen LogP contribution in [0.25, 0.3) is 0 Å². The number of nitrogens with one attached hydrogen (secondary N) is 1. The molecule has 0 unspecified atom stereocenters. The summed E-state index contributed by atoms with van der Waals surface area (Å²) >= 11 is 13.3. The van der Waals surface area contributed by atoms with E-state index in [1.807, 2.05) is 0 Å². The van der Waals surface area contributed by atoms with E-state index in [4.69, 9.17) is 23.2 Å². The van der Waals surface area contributed by atoms with Crippen LogP contribution in [0, 0.1) is 0 Å². The van der Waals surface area contributed by atoms with Crippen molar-refractivity contribution in [3.05, 3.63) is 52.8 Å². The molecule has 2 heterocycles. The summed E-state index contributed by atoms with van der Waals surface area (Å²) in [7, 11) is 0. The Bertz CT molecular complexity index is 891. The van der Waals surface area contributed by atoms with E-state index in [1.54, 1.807) is 43.3 Å². The van der Waals surface area contributed by atoms with E-state index in [-0.39, 0.29) is 23.5 Å². The molecule has 0 fully saturated rings. The molecule has 6 nitrogen and oxygen atoms in total. The van der Waals surface area contributed by atoms with Gasteiger partial charge in [0.2, 0.25) is 5.91 Å². The predicted octanol–water partition coefficient (Wildman–Crippen LogP) is 3.85. The Hall–Kier alpha value is -2.09. The van der Waals surface area contributed by atoms with E-state index in [9.17, 15) is 9.59 Å². The Morgan fingerprint density at radius 2 is 2.04 bits per heavy atom. The Kier molecular flexibility index (Phi) is 5.80. The molecule has 0 saturated carbocycles. The molecule has 0 saturated heterocycles. The average molecular weight is 409 g/mol. The van der Waals surface area contributed by atoms with Crippen LogP contribution in [0.15, 0.2) is 47.6 Å². The van der Waals surface area contributed by atoms with Crippen LogP contribution >= 0.6 is 35.0 Å². The lowest BCUT2D eigenvalue weighted by Crippen LogP contribution is -2.33. The van der Waals surface area contributed by atoms with Crippen molar-refractivity contribution in [2.24, 2.45) is 4.99 Å². The number of amides is 2. The number of amidine groups is 1. The highest BCUT2D eigenvalue weighted by Crippen LogP contribution is 2.32. The van der Waals surface area contributed by atoms with Crippen molar-refractivity contribution < 1.29 is 9.59 Å². The van der Waals surface area contributed by atoms with E-state index < -0.39 is 5.25 Å². The van der Waals surface area contributed by atoms with Gasteiger partial charge in [0.15, 0.2) is 10.3 Å². The van der Waals surface area contributed by atoms with Gasteiger partial charge >= 0.3 is 0 Å². The fraction of sp³-hybridized carbons (Fsp3) is 0.176. The molecule has 0 radical (unpaired) electrons. The first-order valence-corrected chi connectivity index (χ1v) is 9.31. The third-order valence-electron chi connectivity index (χ3n) is 3.55. The molecule has 1 aliphatic rings. The van der Waals surface area contributed by atoms with Gasteiger partial charge in [-0.25, -0.2) is 4.98 Å². The van der Waals surface area contributed by atoms with Crippen molar-refractivity contribution in [2.75, 3.05) is 16.8 Å². The van der Waals surface area contributed by atoms with Crippen molar-refractivity contribution >= 4 is 63.3 Å². The summed E-state index contributed by atoms with van der Waals surface area (Å²) in [6.07, 6.45) is 1.54. The molecule has 0 aliphatic carbocycles. The highest BCUT2D eigenvalue weighted by atomic mass is 35.5. The van der Waals surface area contributed by atoms with E-state index in [0.717, 1.165) is 0 Å². The van der Waals surface area contributed by atoms with E-state index >= 15 is 0 Å². The van der Waals surface area contributed by atoms with Gasteiger partial charge in [0, 0.05) is 6.20 Å². The maximum Gasteiger partial charge on any atom is 0.254 e. The molecule has 1 atom stereocenters. The van der Waals surface area contributed by atoms with Crippen LogP contribution in [0.5, 0.6) is 0 Å². The second-order valence-corrected chi connectivity index (χ2v) is 7.44. The van der Waals surface area contributed by atoms with Gasteiger partial charge in [-0.15, -0.1) is 0 Å². The summed E-state index contributed by atoms with van der Waals surface area (Å²) in [5, 5.41) is 3.29. The molecule has 1 aromatic carbocycles. The molecule has 26 heavy (non-hydrogen) atoms. The highest BCUT2D eigenvalue weighted by Gasteiger charge is 2.31. The topological polar surface area (TPSA) is 74.7 Å². The average Bonchev–Trinajstić information content (AvgIpc) is 2.97. The van der Waals surface area contributed by atoms with Crippen LogP contribution < -0.4 is 10.2 Å². The van der Waals surface area contributed by atoms with Gasteiger partial charge in [0.1, 0.15) is 6.54 Å². The lowest BCUT2D eigenvalue weighted by atomic mass is 10.3. The highest BCUT2D eigenvalue weighted by molar-refractivity contribution is 8.15. The zero-order chi connectivity index (χ0) is 18.7. The number of aliphatic imine (C=N–C) groups is 1. The molecular formula is C17H14Cl2N4O2S. The van der Waals surface area contributed by atoms with Crippen molar-refractivity contribution in [1.29, 1.82) is 0 Å². The first kappa shape index (κ1) is 18.7. The van der Waals surface area contributed by atoms with Crippen molar-refractivity contribution in [1.82, 2.24) is 4.98 Å². The number of para-hydroxylation sites is 1. The number of halogens is 2. The van der Waals surface area contributed by atoms with Crippen LogP contribution in [-0.2, 0) is 9.59 Å². The molecule has 9 heteroatoms. The van der Waals surface area contributed by atoms with Gasteiger partial charge in [-0.1, -0.05) is 47.1 Å². The van der Waals surface area contributed by atoms with Gasteiger partial charge in [0.05, 0.1) is 21.6 Å². The van der Waals surface area contributed by atoms with Crippen molar-refractivity contribution in [3.63, 3.8) is 0 Å². The van der Waals surface area contributed by atoms with Crippen molar-refractivity contribution in [2.45, 2.75) is 12.2 Å². The lowest BCUT2D eigenvalue weighted by Gasteiger charge is -2.21. The number of hydrogen-bond acceptors (Lipinski definition) is 5. The Labute approximate surface area is 164 Å². The van der Waals surface area contributed by atoms with Crippen LogP contribution in [0.2, 0.25) is 10.2 Å². The fourth-order valence-electron chi connectivity index (χ4n) is 2.27. The first-order valence-electron chi connectivity index (χ1n) is 7.67. The minimum absolute atomic E-state index is 0.0241. The number of pyridine rings is 1. The van der Waals surface area contributed by atoms with E-state index in [2.05, 4.69) is 15.3 Å². The van der Waals surface area contributed by atoms with Gasteiger partial charge in [-0.3, -0.25) is 19.5 Å². The van der Waals surface area contributed by atoms with Crippen LogP contribution in [0.3, 0.4) is 0 Å². The summed E-state index contributed by atoms with van der Waals surface area (Å²) in [4.78, 5) is 34.3. The SMILES string of the molecule is C[C@@H](SC1=NCC(=O)N1c1ccccc1Cl)C(=O)Nc1cccnc1Cl. The molecule has 134 valence electrons. The second kappa shape index (κ2) is 8.07. The van der Waals surface area contributed by atoms with E-state index in [1.165, 1.54) is 22.9 Å². The number of thioether (sulfide) groups is 1. The summed E-state index contributed by atoms with van der Waals surface area (Å²) in [5.41, 5.74) is 0.977. The third kappa shape index (κ3) is 4.00. The maximum absolute atomic E-state index is 12.4. The molecule has 0 spiro atoms. The van der Waals surface area contributed by atoms with E-state index in [0.29, 0.717) is 21.6 Å². The monoisotopic (exact) mass is 408 g/mol. The molecule has 2 amide bonds. The number of aromatic nitrogens is 1. The minimum atomic E-state index is -0.513. The number of anilines is 2. The summed E-state index contributed by atoms with van der Waals surface area (Å²) in [6.45, 7) is 1.75. The van der Waals surface area contributed by atoms with Crippen LogP contribution in [-0.4, -0.2) is 33.8 Å². The molecule has 0 bridgehead atoms. The molecule has 1 aromatic heterocycles. The predicted molar refractivity (Wildman–Crippen MR) is 106 cm³/mol.